The summed E-state index contributed by atoms with van der Waals surface area (Å²) in [6.07, 6.45) is -1.36. The maximum absolute atomic E-state index is 6.72. The van der Waals surface area contributed by atoms with Crippen LogP contribution in [-0.4, -0.2) is 13.1 Å². The molecule has 0 saturated carbocycles. The molecule has 0 N–H and O–H groups in total. The highest BCUT2D eigenvalue weighted by Crippen LogP contribution is 2.57. The Labute approximate surface area is 206 Å². The van der Waals surface area contributed by atoms with Gasteiger partial charge in [-0.05, 0) is 33.3 Å². The number of hydrogen-bond donors (Lipinski definition) is 0. The second kappa shape index (κ2) is 7.08. The Bertz CT molecular complexity index is 1090. The van der Waals surface area contributed by atoms with Crippen LogP contribution in [0.4, 0.5) is 5.69 Å². The van der Waals surface area contributed by atoms with Crippen LogP contribution in [-0.2, 0) is 21.7 Å². The van der Waals surface area contributed by atoms with Crippen molar-refractivity contribution < 1.29 is 14.2 Å². The van der Waals surface area contributed by atoms with Crippen LogP contribution in [0.25, 0.3) is 0 Å². The van der Waals surface area contributed by atoms with Crippen LogP contribution in [0.1, 0.15) is 105 Å². The average Bonchev–Trinajstić information content (AvgIpc) is 3.14. The van der Waals surface area contributed by atoms with E-state index in [1.54, 1.807) is 0 Å². The maximum atomic E-state index is 6.72. The van der Waals surface area contributed by atoms with Gasteiger partial charge in [-0.2, -0.15) is 0 Å². The van der Waals surface area contributed by atoms with E-state index in [2.05, 4.69) is 107 Å². The Kier molecular flexibility index (Phi) is 5.16. The fourth-order valence-electron chi connectivity index (χ4n) is 4.71. The number of anilines is 1. The van der Waals surface area contributed by atoms with Crippen LogP contribution in [0.3, 0.4) is 0 Å². The zero-order valence-electron chi connectivity index (χ0n) is 23.5. The van der Waals surface area contributed by atoms with Crippen molar-refractivity contribution in [2.75, 3.05) is 11.9 Å². The second-order valence-electron chi connectivity index (χ2n) is 14.1. The van der Waals surface area contributed by atoms with E-state index in [1.807, 2.05) is 11.9 Å². The van der Waals surface area contributed by atoms with Gasteiger partial charge in [0.2, 0.25) is 0 Å². The summed E-state index contributed by atoms with van der Waals surface area (Å²) in [5.41, 5.74) is 5.36. The second-order valence-corrected chi connectivity index (χ2v) is 14.1. The van der Waals surface area contributed by atoms with Crippen LogP contribution in [0.15, 0.2) is 24.3 Å². The molecule has 0 saturated heterocycles. The first-order valence-corrected chi connectivity index (χ1v) is 12.4. The van der Waals surface area contributed by atoms with E-state index in [0.29, 0.717) is 0 Å². The van der Waals surface area contributed by atoms with Crippen molar-refractivity contribution in [2.24, 2.45) is 0 Å². The summed E-state index contributed by atoms with van der Waals surface area (Å²) in [4.78, 5) is 2.02. The lowest BCUT2D eigenvalue weighted by Crippen LogP contribution is -2.55. The molecule has 0 radical (unpaired) electrons. The molecule has 2 heterocycles. The summed E-state index contributed by atoms with van der Waals surface area (Å²) < 4.78 is 20.1. The molecule has 4 nitrogen and oxygen atoms in total. The lowest BCUT2D eigenvalue weighted by atomic mass is 9.79. The quantitative estimate of drug-likeness (QED) is 0.397. The van der Waals surface area contributed by atoms with Crippen LogP contribution in [0, 0.1) is 0 Å². The molecule has 4 heteroatoms. The Morgan fingerprint density at radius 1 is 0.559 bits per heavy atom. The van der Waals surface area contributed by atoms with Gasteiger partial charge in [0.15, 0.2) is 17.2 Å². The molecule has 2 aliphatic heterocycles. The number of ether oxygens (including phenoxy) is 3. The highest BCUT2D eigenvalue weighted by molar-refractivity contribution is 5.70. The van der Waals surface area contributed by atoms with E-state index in [9.17, 15) is 0 Å². The fraction of sp³-hybridized carbons (Fsp3) is 0.600. The highest BCUT2D eigenvalue weighted by atomic mass is 16.9. The summed E-state index contributed by atoms with van der Waals surface area (Å²) in [6.45, 7) is 26.6. The molecule has 2 aromatic carbocycles. The third-order valence-corrected chi connectivity index (χ3v) is 6.94. The zero-order chi connectivity index (χ0) is 25.6. The van der Waals surface area contributed by atoms with Crippen molar-refractivity contribution in [1.82, 2.24) is 0 Å². The van der Waals surface area contributed by atoms with Crippen molar-refractivity contribution in [2.45, 2.75) is 111 Å². The summed E-state index contributed by atoms with van der Waals surface area (Å²) in [7, 11) is 2.00. The molecular formula is C30H43NO3. The molecule has 0 fully saturated rings. The van der Waals surface area contributed by atoms with Gasteiger partial charge in [0, 0.05) is 23.7 Å². The minimum absolute atomic E-state index is 0.00475. The third-order valence-electron chi connectivity index (χ3n) is 6.94. The molecule has 186 valence electrons. The largest absolute Gasteiger partial charge is 0.520 e. The summed E-state index contributed by atoms with van der Waals surface area (Å²) in [5, 5.41) is 0. The van der Waals surface area contributed by atoms with Gasteiger partial charge in [-0.25, -0.2) is 0 Å². The number of fused-ring (bicyclic) bond motifs is 2. The van der Waals surface area contributed by atoms with E-state index < -0.39 is 6.10 Å². The number of hydrogen-bond acceptors (Lipinski definition) is 4. The summed E-state index contributed by atoms with van der Waals surface area (Å²) >= 11 is 0. The minimum Gasteiger partial charge on any atom is -0.400 e. The van der Waals surface area contributed by atoms with Crippen LogP contribution in [0.5, 0.6) is 17.2 Å². The van der Waals surface area contributed by atoms with Gasteiger partial charge in [0.05, 0.1) is 5.69 Å². The van der Waals surface area contributed by atoms with Crippen LogP contribution in [0.2, 0.25) is 0 Å². The number of nitrogens with zero attached hydrogens (tertiary/aromatic N) is 1. The molecule has 4 rings (SSSR count). The van der Waals surface area contributed by atoms with Gasteiger partial charge in [0.25, 0.3) is 0 Å². The standard InChI is InChI=1S/C30H43NO3/c1-26(2,3)18-16-21(29(10,11)12)23-22(17-18)31(13)30(32-23)33-24-19(27(4,5)6)14-15-20(25(24)34-30)28(7,8)9/h14-17H,1-13H3. The van der Waals surface area contributed by atoms with E-state index in [4.69, 9.17) is 14.2 Å². The van der Waals surface area contributed by atoms with Crippen molar-refractivity contribution >= 4 is 5.69 Å². The van der Waals surface area contributed by atoms with E-state index in [1.165, 1.54) is 5.56 Å². The minimum atomic E-state index is -1.36. The Morgan fingerprint density at radius 2 is 0.971 bits per heavy atom. The van der Waals surface area contributed by atoms with E-state index >= 15 is 0 Å². The van der Waals surface area contributed by atoms with Crippen LogP contribution >= 0.6 is 0 Å². The monoisotopic (exact) mass is 465 g/mol. The first-order valence-electron chi connectivity index (χ1n) is 12.4. The first-order chi connectivity index (χ1) is 15.3. The molecule has 0 aromatic heterocycles. The van der Waals surface area contributed by atoms with Crippen molar-refractivity contribution in [3.63, 3.8) is 0 Å². The van der Waals surface area contributed by atoms with Crippen molar-refractivity contribution in [3.05, 3.63) is 46.5 Å². The van der Waals surface area contributed by atoms with E-state index in [0.717, 1.165) is 39.6 Å². The summed E-state index contributed by atoms with van der Waals surface area (Å²) in [6, 6.07) is 8.88. The molecular weight excluding hydrogens is 422 g/mol. The molecule has 1 spiro atoms. The number of benzene rings is 2. The molecule has 34 heavy (non-hydrogen) atoms. The Hall–Kier alpha value is -2.36. The SMILES string of the molecule is CN1c2cc(C(C)(C)C)cc(C(C)(C)C)c2OC12Oc1c(C(C)(C)C)ccc(C(C)(C)C)c1O2. The third kappa shape index (κ3) is 3.83. The Balaban J connectivity index is 1.91. The van der Waals surface area contributed by atoms with Crippen molar-refractivity contribution in [1.29, 1.82) is 0 Å². The van der Waals surface area contributed by atoms with Gasteiger partial charge >= 0.3 is 6.10 Å². The lowest BCUT2D eigenvalue weighted by molar-refractivity contribution is -0.215. The molecule has 2 aliphatic rings. The van der Waals surface area contributed by atoms with Gasteiger partial charge in [-0.3, -0.25) is 4.90 Å². The molecule has 0 unspecified atom stereocenters. The maximum Gasteiger partial charge on any atom is 0.520 e. The van der Waals surface area contributed by atoms with Gasteiger partial charge < -0.3 is 14.2 Å². The Morgan fingerprint density at radius 3 is 1.35 bits per heavy atom. The van der Waals surface area contributed by atoms with Gasteiger partial charge in [-0.1, -0.05) is 101 Å². The smallest absolute Gasteiger partial charge is 0.400 e. The molecule has 0 bridgehead atoms. The predicted octanol–water partition coefficient (Wildman–Crippen LogP) is 7.79. The lowest BCUT2D eigenvalue weighted by Gasteiger charge is -2.28. The topological polar surface area (TPSA) is 30.9 Å². The number of rotatable bonds is 0. The van der Waals surface area contributed by atoms with Gasteiger partial charge in [-0.15, -0.1) is 0 Å². The zero-order valence-corrected chi connectivity index (χ0v) is 23.5. The summed E-state index contributed by atoms with van der Waals surface area (Å²) in [5.74, 6) is 2.41. The highest BCUT2D eigenvalue weighted by Gasteiger charge is 2.58. The van der Waals surface area contributed by atoms with Crippen LogP contribution < -0.4 is 19.1 Å². The molecule has 0 amide bonds. The van der Waals surface area contributed by atoms with E-state index in [-0.39, 0.29) is 21.7 Å². The van der Waals surface area contributed by atoms with Crippen molar-refractivity contribution in [3.8, 4) is 17.2 Å². The fourth-order valence-corrected chi connectivity index (χ4v) is 4.71. The van der Waals surface area contributed by atoms with Gasteiger partial charge in [0.1, 0.15) is 0 Å². The first kappa shape index (κ1) is 24.8. The predicted molar refractivity (Wildman–Crippen MR) is 141 cm³/mol. The molecule has 0 aliphatic carbocycles. The molecule has 0 atom stereocenters. The molecule has 2 aromatic rings. The normalized spacial score (nSPS) is 17.3. The average molecular weight is 466 g/mol.